The number of hydrogen-bond donors (Lipinski definition) is 2. The van der Waals surface area contributed by atoms with Crippen molar-refractivity contribution in [3.05, 3.63) is 0 Å². The van der Waals surface area contributed by atoms with Gasteiger partial charge in [0.05, 0.1) is 5.92 Å². The largest absolute Gasteiger partial charge is 0.481 e. The predicted molar refractivity (Wildman–Crippen MR) is 65.2 cm³/mol. The van der Waals surface area contributed by atoms with Crippen LogP contribution in [0.5, 0.6) is 0 Å². The third-order valence-electron chi connectivity index (χ3n) is 3.76. The average Bonchev–Trinajstić information content (AvgIpc) is 2.21. The molecule has 0 spiro atoms. The van der Waals surface area contributed by atoms with Gasteiger partial charge in [0, 0.05) is 0 Å². The molecule has 0 saturated heterocycles. The van der Waals surface area contributed by atoms with Crippen molar-refractivity contribution in [2.24, 2.45) is 17.6 Å². The van der Waals surface area contributed by atoms with E-state index in [-0.39, 0.29) is 5.92 Å². The highest BCUT2D eigenvalue weighted by Gasteiger charge is 2.27. The Hall–Kier alpha value is -0.570. The molecule has 1 fully saturated rings. The summed E-state index contributed by atoms with van der Waals surface area (Å²) in [7, 11) is 0. The summed E-state index contributed by atoms with van der Waals surface area (Å²) in [5.41, 5.74) is 5.48. The normalized spacial score (nSPS) is 27.1. The summed E-state index contributed by atoms with van der Waals surface area (Å²) in [5.74, 6) is -0.290. The molecule has 1 saturated carbocycles. The first-order valence-corrected chi connectivity index (χ1v) is 6.68. The number of carbonyl (C=O) groups is 1. The fourth-order valence-electron chi connectivity index (χ4n) is 2.78. The molecule has 3 N–H and O–H groups in total. The number of rotatable bonds is 5. The van der Waals surface area contributed by atoms with E-state index in [9.17, 15) is 9.90 Å². The van der Waals surface area contributed by atoms with Gasteiger partial charge in [-0.2, -0.15) is 0 Å². The highest BCUT2D eigenvalue weighted by Crippen LogP contribution is 2.31. The maximum absolute atomic E-state index is 11.2. The Bertz CT molecular complexity index is 206. The van der Waals surface area contributed by atoms with Gasteiger partial charge in [0.15, 0.2) is 0 Å². The Morgan fingerprint density at radius 2 is 1.81 bits per heavy atom. The predicted octanol–water partition coefficient (Wildman–Crippen LogP) is 2.79. The van der Waals surface area contributed by atoms with Crippen LogP contribution in [-0.2, 0) is 4.79 Å². The molecule has 16 heavy (non-hydrogen) atoms. The topological polar surface area (TPSA) is 63.3 Å². The average molecular weight is 227 g/mol. The fourth-order valence-corrected chi connectivity index (χ4v) is 2.78. The molecule has 1 aliphatic rings. The Labute approximate surface area is 98.4 Å². The first-order valence-electron chi connectivity index (χ1n) is 6.68. The molecule has 0 heterocycles. The second kappa shape index (κ2) is 7.66. The lowest BCUT2D eigenvalue weighted by atomic mass is 9.79. The third kappa shape index (κ3) is 4.52. The van der Waals surface area contributed by atoms with Crippen molar-refractivity contribution >= 4 is 5.97 Å². The van der Waals surface area contributed by atoms with Gasteiger partial charge in [-0.1, -0.05) is 32.1 Å². The quantitative estimate of drug-likeness (QED) is 0.710. The molecule has 0 aliphatic heterocycles. The van der Waals surface area contributed by atoms with Gasteiger partial charge in [-0.15, -0.1) is 0 Å². The third-order valence-corrected chi connectivity index (χ3v) is 3.76. The SMILES string of the molecule is NCCCCC1CCCCCCC1C(=O)O. The summed E-state index contributed by atoms with van der Waals surface area (Å²) < 4.78 is 0. The molecule has 3 heteroatoms. The van der Waals surface area contributed by atoms with Gasteiger partial charge < -0.3 is 10.8 Å². The lowest BCUT2D eigenvalue weighted by Crippen LogP contribution is -2.25. The maximum atomic E-state index is 11.2. The molecule has 0 aromatic heterocycles. The molecular weight excluding hydrogens is 202 g/mol. The molecule has 2 unspecified atom stereocenters. The van der Waals surface area contributed by atoms with Gasteiger partial charge in [0.2, 0.25) is 0 Å². The lowest BCUT2D eigenvalue weighted by molar-refractivity contribution is -0.144. The Morgan fingerprint density at radius 3 is 2.44 bits per heavy atom. The number of carboxylic acids is 1. The van der Waals surface area contributed by atoms with E-state index in [1.54, 1.807) is 0 Å². The molecular formula is C13H25NO2. The number of unbranched alkanes of at least 4 members (excludes halogenated alkanes) is 1. The van der Waals surface area contributed by atoms with Crippen molar-refractivity contribution in [2.75, 3.05) is 6.54 Å². The summed E-state index contributed by atoms with van der Waals surface area (Å²) >= 11 is 0. The van der Waals surface area contributed by atoms with Crippen molar-refractivity contribution in [2.45, 2.75) is 57.8 Å². The zero-order valence-corrected chi connectivity index (χ0v) is 10.2. The van der Waals surface area contributed by atoms with Crippen molar-refractivity contribution in [1.29, 1.82) is 0 Å². The summed E-state index contributed by atoms with van der Waals surface area (Å²) in [6.45, 7) is 0.727. The molecule has 1 rings (SSSR count). The first-order chi connectivity index (χ1) is 7.75. The van der Waals surface area contributed by atoms with Gasteiger partial charge in [-0.3, -0.25) is 4.79 Å². The van der Waals surface area contributed by atoms with Gasteiger partial charge in [-0.25, -0.2) is 0 Å². The molecule has 0 radical (unpaired) electrons. The van der Waals surface area contributed by atoms with Crippen LogP contribution in [0.15, 0.2) is 0 Å². The monoisotopic (exact) mass is 227 g/mol. The van der Waals surface area contributed by atoms with Gasteiger partial charge in [-0.05, 0) is 38.1 Å². The highest BCUT2D eigenvalue weighted by atomic mass is 16.4. The van der Waals surface area contributed by atoms with Crippen molar-refractivity contribution in [3.63, 3.8) is 0 Å². The van der Waals surface area contributed by atoms with E-state index in [0.29, 0.717) is 5.92 Å². The minimum Gasteiger partial charge on any atom is -0.481 e. The number of nitrogens with two attached hydrogens (primary N) is 1. The number of hydrogen-bond acceptors (Lipinski definition) is 2. The highest BCUT2D eigenvalue weighted by molar-refractivity contribution is 5.70. The summed E-state index contributed by atoms with van der Waals surface area (Å²) in [6.07, 6.45) is 9.92. The van der Waals surface area contributed by atoms with E-state index < -0.39 is 5.97 Å². The van der Waals surface area contributed by atoms with Crippen molar-refractivity contribution in [1.82, 2.24) is 0 Å². The first kappa shape index (κ1) is 13.5. The van der Waals surface area contributed by atoms with Crippen LogP contribution in [0, 0.1) is 11.8 Å². The summed E-state index contributed by atoms with van der Waals surface area (Å²) in [6, 6.07) is 0. The maximum Gasteiger partial charge on any atom is 0.306 e. The standard InChI is InChI=1S/C13H25NO2/c14-10-6-5-8-11-7-3-1-2-4-9-12(11)13(15)16/h11-12H,1-10,14H2,(H,15,16). The van der Waals surface area contributed by atoms with Crippen molar-refractivity contribution < 1.29 is 9.90 Å². The van der Waals surface area contributed by atoms with E-state index in [1.165, 1.54) is 19.3 Å². The molecule has 0 amide bonds. The molecule has 2 atom stereocenters. The van der Waals surface area contributed by atoms with Crippen LogP contribution in [0.3, 0.4) is 0 Å². The second-order valence-corrected chi connectivity index (χ2v) is 4.98. The van der Waals surface area contributed by atoms with E-state index in [2.05, 4.69) is 0 Å². The van der Waals surface area contributed by atoms with Crippen LogP contribution in [0.2, 0.25) is 0 Å². The molecule has 3 nitrogen and oxygen atoms in total. The van der Waals surface area contributed by atoms with Gasteiger partial charge in [0.25, 0.3) is 0 Å². The van der Waals surface area contributed by atoms with Crippen LogP contribution >= 0.6 is 0 Å². The zero-order valence-electron chi connectivity index (χ0n) is 10.2. The van der Waals surface area contributed by atoms with E-state index in [4.69, 9.17) is 5.73 Å². The van der Waals surface area contributed by atoms with E-state index >= 15 is 0 Å². The Morgan fingerprint density at radius 1 is 1.12 bits per heavy atom. The molecule has 0 aromatic rings. The lowest BCUT2D eigenvalue weighted by Gasteiger charge is -2.26. The number of aliphatic carboxylic acids is 1. The van der Waals surface area contributed by atoms with Crippen LogP contribution in [-0.4, -0.2) is 17.6 Å². The van der Waals surface area contributed by atoms with Gasteiger partial charge >= 0.3 is 5.97 Å². The van der Waals surface area contributed by atoms with Crippen LogP contribution in [0.25, 0.3) is 0 Å². The van der Waals surface area contributed by atoms with Crippen LogP contribution in [0.4, 0.5) is 0 Å². The van der Waals surface area contributed by atoms with E-state index in [1.807, 2.05) is 0 Å². The summed E-state index contributed by atoms with van der Waals surface area (Å²) in [5, 5.41) is 9.26. The molecule has 94 valence electrons. The number of carboxylic acid groups (broad SMARTS) is 1. The molecule has 0 aromatic carbocycles. The van der Waals surface area contributed by atoms with Crippen molar-refractivity contribution in [3.8, 4) is 0 Å². The Kier molecular flexibility index (Phi) is 6.46. The van der Waals surface area contributed by atoms with Crippen LogP contribution < -0.4 is 5.73 Å². The second-order valence-electron chi connectivity index (χ2n) is 4.98. The minimum atomic E-state index is -0.584. The fraction of sp³-hybridized carbons (Fsp3) is 0.923. The van der Waals surface area contributed by atoms with E-state index in [0.717, 1.165) is 45.1 Å². The Balaban J connectivity index is 2.46. The molecule has 0 bridgehead atoms. The summed E-state index contributed by atoms with van der Waals surface area (Å²) in [4.78, 5) is 11.2. The minimum absolute atomic E-state index is 0.0990. The van der Waals surface area contributed by atoms with Gasteiger partial charge in [0.1, 0.15) is 0 Å². The molecule has 1 aliphatic carbocycles. The zero-order chi connectivity index (χ0) is 11.8. The smallest absolute Gasteiger partial charge is 0.306 e. The van der Waals surface area contributed by atoms with Crippen LogP contribution in [0.1, 0.15) is 57.8 Å².